The number of carbonyl (C=O) groups excluding carboxylic acids is 2. The van der Waals surface area contributed by atoms with E-state index < -0.39 is 21.0 Å². The first-order valence-electron chi connectivity index (χ1n) is 18.5. The Kier molecular flexibility index (Phi) is 11.2. The molecule has 2 aromatic heterocycles. The first-order chi connectivity index (χ1) is 24.0. The number of carbonyl (C=O) groups is 2. The van der Waals surface area contributed by atoms with Gasteiger partial charge in [0.2, 0.25) is 5.91 Å². The number of amides is 2. The number of aryl methyl sites for hydroxylation is 1. The third kappa shape index (κ3) is 9.48. The van der Waals surface area contributed by atoms with Crippen LogP contribution < -0.4 is 4.90 Å². The van der Waals surface area contributed by atoms with E-state index in [-0.39, 0.29) is 46.9 Å². The van der Waals surface area contributed by atoms with Gasteiger partial charge in [-0.05, 0) is 89.3 Å². The van der Waals surface area contributed by atoms with Crippen molar-refractivity contribution in [2.24, 2.45) is 0 Å². The molecular formula is C40H59FN6O4Si. The monoisotopic (exact) mass is 734 g/mol. The summed E-state index contributed by atoms with van der Waals surface area (Å²) in [6.45, 7) is 26.8. The smallest absolute Gasteiger partial charge is 0.410 e. The lowest BCUT2D eigenvalue weighted by Gasteiger charge is -2.45. The van der Waals surface area contributed by atoms with Crippen molar-refractivity contribution in [1.82, 2.24) is 24.3 Å². The highest BCUT2D eigenvalue weighted by Gasteiger charge is 2.42. The summed E-state index contributed by atoms with van der Waals surface area (Å²) in [5.41, 5.74) is 3.04. The van der Waals surface area contributed by atoms with Crippen molar-refractivity contribution in [3.05, 3.63) is 76.9 Å². The van der Waals surface area contributed by atoms with Gasteiger partial charge in [-0.3, -0.25) is 14.7 Å². The molecule has 0 radical (unpaired) electrons. The van der Waals surface area contributed by atoms with Gasteiger partial charge in [0.15, 0.2) is 9.76 Å². The predicted octanol–water partition coefficient (Wildman–Crippen LogP) is 6.50. The highest BCUT2D eigenvalue weighted by molar-refractivity contribution is 6.31. The number of aromatic nitrogens is 3. The highest BCUT2D eigenvalue weighted by Crippen LogP contribution is 2.40. The van der Waals surface area contributed by atoms with Crippen LogP contribution in [0.4, 0.5) is 14.9 Å². The van der Waals surface area contributed by atoms with Gasteiger partial charge in [-0.1, -0.05) is 46.8 Å². The molecule has 3 aromatic rings. The molecular weight excluding hydrogens is 676 g/mol. The van der Waals surface area contributed by atoms with Crippen molar-refractivity contribution in [2.75, 3.05) is 31.1 Å². The maximum atomic E-state index is 14.4. The largest absolute Gasteiger partial charge is 0.444 e. The summed E-state index contributed by atoms with van der Waals surface area (Å²) in [5, 5.41) is 0.150. The van der Waals surface area contributed by atoms with Gasteiger partial charge in [0, 0.05) is 56.1 Å². The van der Waals surface area contributed by atoms with Crippen molar-refractivity contribution in [2.45, 2.75) is 130 Å². The van der Waals surface area contributed by atoms with Crippen LogP contribution in [-0.4, -0.2) is 90.0 Å². The first-order valence-corrected chi connectivity index (χ1v) is 19.8. The molecule has 2 aliphatic rings. The molecule has 0 saturated carbocycles. The van der Waals surface area contributed by atoms with E-state index in [0.29, 0.717) is 32.6 Å². The minimum absolute atomic E-state index is 0.0137. The third-order valence-corrected chi connectivity index (χ3v) is 11.6. The van der Waals surface area contributed by atoms with E-state index in [0.717, 1.165) is 34.0 Å². The Balaban J connectivity index is 1.40. The highest BCUT2D eigenvalue weighted by atomic mass is 28.2. The summed E-state index contributed by atoms with van der Waals surface area (Å²) in [4.78, 5) is 43.5. The van der Waals surface area contributed by atoms with Gasteiger partial charge < -0.3 is 23.5 Å². The van der Waals surface area contributed by atoms with E-state index >= 15 is 0 Å². The van der Waals surface area contributed by atoms with E-state index in [4.69, 9.17) is 19.1 Å². The number of hydrogen-bond acceptors (Lipinski definition) is 7. The van der Waals surface area contributed by atoms with Crippen molar-refractivity contribution in [1.29, 1.82) is 0 Å². The van der Waals surface area contributed by atoms with E-state index in [9.17, 15) is 14.0 Å². The molecule has 12 heteroatoms. The number of fused-ring (bicyclic) bond motifs is 1. The number of imidazole rings is 1. The van der Waals surface area contributed by atoms with E-state index in [1.54, 1.807) is 17.0 Å². The number of rotatable bonds is 9. The predicted molar refractivity (Wildman–Crippen MR) is 206 cm³/mol. The second-order valence-corrected chi connectivity index (χ2v) is 20.8. The Morgan fingerprint density at radius 2 is 1.69 bits per heavy atom. The molecule has 1 saturated heterocycles. The maximum Gasteiger partial charge on any atom is 0.410 e. The molecule has 0 spiro atoms. The molecule has 10 nitrogen and oxygen atoms in total. The summed E-state index contributed by atoms with van der Waals surface area (Å²) >= 11 is 0. The first kappa shape index (κ1) is 39.6. The third-order valence-electron chi connectivity index (χ3n) is 9.82. The number of anilines is 1. The Morgan fingerprint density at radius 3 is 2.33 bits per heavy atom. The fraction of sp³-hybridized carbons (Fsp3) is 0.600. The number of halogens is 1. The van der Waals surface area contributed by atoms with E-state index in [1.807, 2.05) is 45.7 Å². The quantitative estimate of drug-likeness (QED) is 0.232. The van der Waals surface area contributed by atoms with Gasteiger partial charge >= 0.3 is 6.09 Å². The average Bonchev–Trinajstić information content (AvgIpc) is 3.53. The topological polar surface area (TPSA) is 93.0 Å². The van der Waals surface area contributed by atoms with Crippen LogP contribution in [-0.2, 0) is 37.9 Å². The Bertz CT molecular complexity index is 1760. The van der Waals surface area contributed by atoms with Crippen LogP contribution in [0.1, 0.15) is 105 Å². The molecule has 52 heavy (non-hydrogen) atoms. The molecule has 0 aliphatic carbocycles. The van der Waals surface area contributed by atoms with Crippen LogP contribution in [0.2, 0.25) is 5.04 Å². The fourth-order valence-corrected chi connectivity index (χ4v) is 7.87. The lowest BCUT2D eigenvalue weighted by atomic mass is 9.91. The van der Waals surface area contributed by atoms with Crippen molar-refractivity contribution >= 4 is 27.5 Å². The molecule has 0 unspecified atom stereocenters. The second-order valence-electron chi connectivity index (χ2n) is 18.1. The maximum absolute atomic E-state index is 14.4. The zero-order valence-corrected chi connectivity index (χ0v) is 34.8. The molecule has 0 N–H and O–H groups in total. The van der Waals surface area contributed by atoms with Gasteiger partial charge in [-0.25, -0.2) is 14.2 Å². The summed E-state index contributed by atoms with van der Waals surface area (Å²) in [6.07, 6.45) is 4.17. The van der Waals surface area contributed by atoms with Crippen LogP contribution in [0, 0.1) is 12.7 Å². The molecule has 0 bridgehead atoms. The molecule has 2 amide bonds. The lowest BCUT2D eigenvalue weighted by molar-refractivity contribution is -0.121. The molecule has 4 heterocycles. The van der Waals surface area contributed by atoms with Crippen LogP contribution in [0.25, 0.3) is 0 Å². The summed E-state index contributed by atoms with van der Waals surface area (Å²) in [7, 11) is -0.817. The zero-order chi connectivity index (χ0) is 38.4. The van der Waals surface area contributed by atoms with Crippen LogP contribution in [0.5, 0.6) is 0 Å². The molecule has 2 aliphatic heterocycles. The van der Waals surface area contributed by atoms with E-state index in [1.165, 1.54) is 12.1 Å². The molecule has 1 fully saturated rings. The van der Waals surface area contributed by atoms with Crippen LogP contribution >= 0.6 is 0 Å². The summed E-state index contributed by atoms with van der Waals surface area (Å²) in [6, 6.07) is 8.19. The lowest BCUT2D eigenvalue weighted by Crippen LogP contribution is -2.62. The SMILES string of the molecule is Cc1nc(C(C)(C)O[SiH2]C(C)(C)C)cn1C[C@H]1CN(C(=O)OC(C)(C)C)[C@H](C)CN1CC(=O)N1CC(C)(C)c2ncc(Cc3ccc(F)cc3)cc21. The Hall–Kier alpha value is -3.61. The minimum Gasteiger partial charge on any atom is -0.444 e. The Morgan fingerprint density at radius 1 is 1.02 bits per heavy atom. The van der Waals surface area contributed by atoms with Crippen molar-refractivity contribution < 1.29 is 23.1 Å². The zero-order valence-electron chi connectivity index (χ0n) is 33.3. The van der Waals surface area contributed by atoms with Gasteiger partial charge in [-0.15, -0.1) is 0 Å². The van der Waals surface area contributed by atoms with Crippen LogP contribution in [0.15, 0.2) is 42.7 Å². The van der Waals surface area contributed by atoms with Crippen LogP contribution in [0.3, 0.4) is 0 Å². The van der Waals surface area contributed by atoms with Gasteiger partial charge in [0.25, 0.3) is 0 Å². The molecule has 284 valence electrons. The number of benzene rings is 1. The number of piperazine rings is 1. The minimum atomic E-state index is -0.817. The summed E-state index contributed by atoms with van der Waals surface area (Å²) in [5.74, 6) is 0.570. The summed E-state index contributed by atoms with van der Waals surface area (Å²) < 4.78 is 28.0. The molecule has 1 aromatic carbocycles. The molecule has 2 atom stereocenters. The number of hydrogen-bond donors (Lipinski definition) is 0. The normalized spacial score (nSPS) is 19.8. The molecule has 5 rings (SSSR count). The van der Waals surface area contributed by atoms with E-state index in [2.05, 4.69) is 70.2 Å². The fourth-order valence-electron chi connectivity index (χ4n) is 6.93. The Labute approximate surface area is 312 Å². The second kappa shape index (κ2) is 14.7. The van der Waals surface area contributed by atoms with Crippen molar-refractivity contribution in [3.63, 3.8) is 0 Å². The number of nitrogens with zero attached hydrogens (tertiary/aromatic N) is 6. The number of pyridine rings is 1. The van der Waals surface area contributed by atoms with Gasteiger partial charge in [0.05, 0.1) is 29.2 Å². The van der Waals surface area contributed by atoms with Gasteiger partial charge in [0.1, 0.15) is 17.2 Å². The van der Waals surface area contributed by atoms with Crippen molar-refractivity contribution in [3.8, 4) is 0 Å². The number of ether oxygens (including phenoxy) is 1. The van der Waals surface area contributed by atoms with Gasteiger partial charge in [-0.2, -0.15) is 0 Å². The standard InChI is InChI=1S/C40H59FN6O4Si/c1-26-20-45(24-34(48)47-25-39(9,10)35-32(47)18-29(19-42-35)17-28-13-15-30(41)16-14-28)31(22-46(26)36(49)50-37(3,4)5)21-44-23-33(43-27(44)2)40(11,12)51-52-38(6,7)8/h13-16,18-19,23,26,31H,17,20-22,24-25,52H2,1-12H3/t26-,31+/m1/s1. The average molecular weight is 735 g/mol.